The van der Waals surface area contributed by atoms with Crippen molar-refractivity contribution in [1.29, 1.82) is 0 Å². The number of hydrogen-bond acceptors (Lipinski definition) is 2. The van der Waals surface area contributed by atoms with Crippen molar-refractivity contribution in [2.24, 2.45) is 0 Å². The number of carbonyl (C=O) groups excluding carboxylic acids is 1. The Morgan fingerprint density at radius 1 is 1.39 bits per heavy atom. The zero-order chi connectivity index (χ0) is 13.0. The van der Waals surface area contributed by atoms with Crippen molar-refractivity contribution in [3.8, 4) is 0 Å². The average molecular weight is 246 g/mol. The van der Waals surface area contributed by atoms with Crippen molar-refractivity contribution in [2.75, 3.05) is 20.1 Å². The molecule has 0 spiro atoms. The summed E-state index contributed by atoms with van der Waals surface area (Å²) in [6.45, 7) is 3.37. The third-order valence-corrected chi connectivity index (χ3v) is 3.86. The smallest absolute Gasteiger partial charge is 0.233 e. The van der Waals surface area contributed by atoms with Crippen molar-refractivity contribution in [2.45, 2.75) is 31.6 Å². The Balaban J connectivity index is 2.10. The number of carbonyl (C=O) groups is 1. The number of benzene rings is 1. The SMILES string of the molecule is CNCC(=O)NCC1(C)CCCc2ccccc21. The first-order chi connectivity index (χ1) is 8.65. The van der Waals surface area contributed by atoms with Crippen molar-refractivity contribution in [3.63, 3.8) is 0 Å². The van der Waals surface area contributed by atoms with Gasteiger partial charge in [0.05, 0.1) is 6.54 Å². The predicted molar refractivity (Wildman–Crippen MR) is 73.7 cm³/mol. The molecule has 3 heteroatoms. The number of nitrogens with one attached hydrogen (secondary N) is 2. The molecule has 0 fully saturated rings. The maximum atomic E-state index is 11.6. The predicted octanol–water partition coefficient (Wildman–Crippen LogP) is 1.62. The molecule has 0 aliphatic heterocycles. The zero-order valence-electron chi connectivity index (χ0n) is 11.3. The van der Waals surface area contributed by atoms with Gasteiger partial charge in [-0.1, -0.05) is 31.2 Å². The molecule has 0 heterocycles. The number of aryl methyl sites for hydroxylation is 1. The molecule has 1 aromatic rings. The molecular formula is C15H22N2O. The van der Waals surface area contributed by atoms with E-state index in [2.05, 4.69) is 41.8 Å². The molecule has 1 aromatic carbocycles. The van der Waals surface area contributed by atoms with Gasteiger partial charge in [0, 0.05) is 12.0 Å². The van der Waals surface area contributed by atoms with Gasteiger partial charge in [0.2, 0.25) is 5.91 Å². The van der Waals surface area contributed by atoms with Crippen LogP contribution in [0.15, 0.2) is 24.3 Å². The van der Waals surface area contributed by atoms with E-state index in [0.29, 0.717) is 6.54 Å². The number of hydrogen-bond donors (Lipinski definition) is 2. The molecule has 1 amide bonds. The standard InChI is InChI=1S/C15H22N2O/c1-15(11-17-14(18)10-16-2)9-5-7-12-6-3-4-8-13(12)15/h3-4,6,8,16H,5,7,9-11H2,1-2H3,(H,17,18). The van der Waals surface area contributed by atoms with E-state index in [4.69, 9.17) is 0 Å². The topological polar surface area (TPSA) is 41.1 Å². The molecule has 1 atom stereocenters. The first kappa shape index (κ1) is 13.1. The monoisotopic (exact) mass is 246 g/mol. The van der Waals surface area contributed by atoms with Crippen LogP contribution in [-0.4, -0.2) is 26.0 Å². The normalized spacial score (nSPS) is 22.3. The van der Waals surface area contributed by atoms with Gasteiger partial charge in [0.25, 0.3) is 0 Å². The molecule has 18 heavy (non-hydrogen) atoms. The second-order valence-electron chi connectivity index (χ2n) is 5.38. The van der Waals surface area contributed by atoms with Gasteiger partial charge in [0.1, 0.15) is 0 Å². The van der Waals surface area contributed by atoms with E-state index in [1.54, 1.807) is 7.05 Å². The second-order valence-corrected chi connectivity index (χ2v) is 5.38. The summed E-state index contributed by atoms with van der Waals surface area (Å²) in [4.78, 5) is 11.6. The summed E-state index contributed by atoms with van der Waals surface area (Å²) >= 11 is 0. The van der Waals surface area contributed by atoms with Gasteiger partial charge < -0.3 is 10.6 Å². The van der Waals surface area contributed by atoms with E-state index in [9.17, 15) is 4.79 Å². The van der Waals surface area contributed by atoms with Gasteiger partial charge in [-0.3, -0.25) is 4.79 Å². The third-order valence-electron chi connectivity index (χ3n) is 3.86. The van der Waals surface area contributed by atoms with Crippen LogP contribution < -0.4 is 10.6 Å². The summed E-state index contributed by atoms with van der Waals surface area (Å²) in [7, 11) is 1.79. The van der Waals surface area contributed by atoms with Crippen LogP contribution in [0.3, 0.4) is 0 Å². The summed E-state index contributed by atoms with van der Waals surface area (Å²) in [5.41, 5.74) is 2.92. The van der Waals surface area contributed by atoms with Crippen LogP contribution in [0, 0.1) is 0 Å². The Labute approximate surface area is 109 Å². The molecule has 2 rings (SSSR count). The molecule has 1 aliphatic rings. The maximum absolute atomic E-state index is 11.6. The molecule has 0 bridgehead atoms. The van der Waals surface area contributed by atoms with Crippen LogP contribution in [0.2, 0.25) is 0 Å². The van der Waals surface area contributed by atoms with Crippen LogP contribution >= 0.6 is 0 Å². The number of likely N-dealkylation sites (N-methyl/N-ethyl adjacent to an activating group) is 1. The highest BCUT2D eigenvalue weighted by molar-refractivity contribution is 5.78. The van der Waals surface area contributed by atoms with Crippen LogP contribution in [-0.2, 0) is 16.6 Å². The minimum atomic E-state index is 0.0711. The van der Waals surface area contributed by atoms with Crippen LogP contribution in [0.25, 0.3) is 0 Å². The first-order valence-corrected chi connectivity index (χ1v) is 6.65. The molecule has 2 N–H and O–H groups in total. The Hall–Kier alpha value is -1.35. The number of fused-ring (bicyclic) bond motifs is 1. The van der Waals surface area contributed by atoms with Crippen LogP contribution in [0.4, 0.5) is 0 Å². The highest BCUT2D eigenvalue weighted by Crippen LogP contribution is 2.36. The van der Waals surface area contributed by atoms with Crippen molar-refractivity contribution >= 4 is 5.91 Å². The average Bonchev–Trinajstić information content (AvgIpc) is 2.38. The molecule has 0 aromatic heterocycles. The molecule has 0 saturated carbocycles. The maximum Gasteiger partial charge on any atom is 0.233 e. The Morgan fingerprint density at radius 3 is 2.94 bits per heavy atom. The van der Waals surface area contributed by atoms with E-state index >= 15 is 0 Å². The minimum absolute atomic E-state index is 0.0711. The Bertz CT molecular complexity index is 430. The van der Waals surface area contributed by atoms with Crippen LogP contribution in [0.5, 0.6) is 0 Å². The van der Waals surface area contributed by atoms with Gasteiger partial charge in [-0.15, -0.1) is 0 Å². The lowest BCUT2D eigenvalue weighted by Gasteiger charge is -2.36. The summed E-state index contributed by atoms with van der Waals surface area (Å²) in [6.07, 6.45) is 3.51. The van der Waals surface area contributed by atoms with E-state index in [0.717, 1.165) is 19.4 Å². The molecule has 1 aliphatic carbocycles. The van der Waals surface area contributed by atoms with E-state index in [1.165, 1.54) is 17.5 Å². The van der Waals surface area contributed by atoms with E-state index < -0.39 is 0 Å². The second kappa shape index (κ2) is 5.53. The van der Waals surface area contributed by atoms with Crippen LogP contribution in [0.1, 0.15) is 30.9 Å². The van der Waals surface area contributed by atoms with Gasteiger partial charge in [-0.25, -0.2) is 0 Å². The largest absolute Gasteiger partial charge is 0.354 e. The lowest BCUT2D eigenvalue weighted by molar-refractivity contribution is -0.120. The lowest BCUT2D eigenvalue weighted by Crippen LogP contribution is -2.43. The van der Waals surface area contributed by atoms with E-state index in [1.807, 2.05) is 0 Å². The fourth-order valence-corrected chi connectivity index (χ4v) is 2.83. The highest BCUT2D eigenvalue weighted by Gasteiger charge is 2.31. The summed E-state index contributed by atoms with van der Waals surface area (Å²) in [5.74, 6) is 0.0711. The summed E-state index contributed by atoms with van der Waals surface area (Å²) < 4.78 is 0. The molecule has 3 nitrogen and oxygen atoms in total. The van der Waals surface area contributed by atoms with Gasteiger partial charge in [-0.2, -0.15) is 0 Å². The van der Waals surface area contributed by atoms with E-state index in [-0.39, 0.29) is 11.3 Å². The van der Waals surface area contributed by atoms with Gasteiger partial charge in [0.15, 0.2) is 0 Å². The first-order valence-electron chi connectivity index (χ1n) is 6.65. The molecule has 98 valence electrons. The Morgan fingerprint density at radius 2 is 2.17 bits per heavy atom. The fourth-order valence-electron chi connectivity index (χ4n) is 2.83. The molecule has 0 saturated heterocycles. The number of amides is 1. The van der Waals surface area contributed by atoms with Crippen molar-refractivity contribution < 1.29 is 4.79 Å². The van der Waals surface area contributed by atoms with Gasteiger partial charge >= 0.3 is 0 Å². The zero-order valence-corrected chi connectivity index (χ0v) is 11.3. The molecular weight excluding hydrogens is 224 g/mol. The fraction of sp³-hybridized carbons (Fsp3) is 0.533. The van der Waals surface area contributed by atoms with Gasteiger partial charge in [-0.05, 0) is 37.4 Å². The summed E-state index contributed by atoms with van der Waals surface area (Å²) in [5, 5.41) is 5.91. The molecule has 1 unspecified atom stereocenters. The lowest BCUT2D eigenvalue weighted by atomic mass is 9.71. The summed E-state index contributed by atoms with van der Waals surface area (Å²) in [6, 6.07) is 8.61. The molecule has 0 radical (unpaired) electrons. The number of rotatable bonds is 4. The minimum Gasteiger partial charge on any atom is -0.354 e. The Kier molecular flexibility index (Phi) is 4.02. The van der Waals surface area contributed by atoms with Crippen molar-refractivity contribution in [1.82, 2.24) is 10.6 Å². The quantitative estimate of drug-likeness (QED) is 0.847. The van der Waals surface area contributed by atoms with Crippen molar-refractivity contribution in [3.05, 3.63) is 35.4 Å². The highest BCUT2D eigenvalue weighted by atomic mass is 16.1. The third kappa shape index (κ3) is 2.72.